The summed E-state index contributed by atoms with van der Waals surface area (Å²) in [5, 5.41) is 0. The second kappa shape index (κ2) is 7.52. The fourth-order valence-corrected chi connectivity index (χ4v) is 5.40. The minimum Gasteiger partial charge on any atom is -0.445 e. The highest BCUT2D eigenvalue weighted by molar-refractivity contribution is 7.89. The number of hydrogen-bond acceptors (Lipinski definition) is 5. The highest BCUT2D eigenvalue weighted by Crippen LogP contribution is 2.30. The Morgan fingerprint density at radius 3 is 2.30 bits per heavy atom. The van der Waals surface area contributed by atoms with Crippen LogP contribution in [0.5, 0.6) is 0 Å². The maximum atomic E-state index is 13.2. The Kier molecular flexibility index (Phi) is 5.15. The molecule has 2 aromatic carbocycles. The maximum Gasteiger partial charge on any atom is 0.339 e. The zero-order valence-corrected chi connectivity index (χ0v) is 17.8. The van der Waals surface area contributed by atoms with E-state index in [1.54, 1.807) is 48.2 Å². The number of hydrogen-bond donors (Lipinski definition) is 0. The predicted molar refractivity (Wildman–Crippen MR) is 110 cm³/mol. The number of amides is 1. The first kappa shape index (κ1) is 20.6. The third-order valence-electron chi connectivity index (χ3n) is 5.72. The molecule has 8 heteroatoms. The topological polar surface area (TPSA) is 84.0 Å². The summed E-state index contributed by atoms with van der Waals surface area (Å²) < 4.78 is 32.7. The van der Waals surface area contributed by atoms with Crippen molar-refractivity contribution in [2.45, 2.75) is 30.8 Å². The molecule has 0 aromatic heterocycles. The van der Waals surface area contributed by atoms with Crippen molar-refractivity contribution in [3.8, 4) is 0 Å². The monoisotopic (exact) mass is 428 g/mol. The van der Waals surface area contributed by atoms with Gasteiger partial charge in [-0.05, 0) is 37.6 Å². The Morgan fingerprint density at radius 1 is 1.00 bits per heavy atom. The molecular weight excluding hydrogens is 404 g/mol. The SMILES string of the molecule is Cc1ccc(S(=O)(=O)N2CCN(C(=O)[C@]3(C)Cc4ccccc4C(=O)O3)CC2)cc1. The van der Waals surface area contributed by atoms with E-state index in [1.807, 2.05) is 19.1 Å². The Balaban J connectivity index is 1.46. The molecule has 7 nitrogen and oxygen atoms in total. The molecule has 158 valence electrons. The zero-order valence-electron chi connectivity index (χ0n) is 17.0. The summed E-state index contributed by atoms with van der Waals surface area (Å²) in [6.07, 6.45) is 0.301. The Morgan fingerprint density at radius 2 is 1.63 bits per heavy atom. The van der Waals surface area contributed by atoms with Crippen molar-refractivity contribution in [2.24, 2.45) is 0 Å². The molecule has 2 aliphatic rings. The summed E-state index contributed by atoms with van der Waals surface area (Å²) in [5.74, 6) is -0.800. The first-order chi connectivity index (χ1) is 14.2. The largest absolute Gasteiger partial charge is 0.445 e. The second-order valence-corrected chi connectivity index (χ2v) is 9.90. The number of rotatable bonds is 3. The normalized spacial score (nSPS) is 22.3. The first-order valence-electron chi connectivity index (χ1n) is 9.88. The summed E-state index contributed by atoms with van der Waals surface area (Å²) in [7, 11) is -3.61. The van der Waals surface area contributed by atoms with Crippen LogP contribution in [0.2, 0.25) is 0 Å². The molecule has 0 spiro atoms. The van der Waals surface area contributed by atoms with E-state index < -0.39 is 21.6 Å². The molecule has 4 rings (SSSR count). The first-order valence-corrected chi connectivity index (χ1v) is 11.3. The van der Waals surface area contributed by atoms with Crippen molar-refractivity contribution in [3.05, 3.63) is 65.2 Å². The Labute approximate surface area is 176 Å². The number of aryl methyl sites for hydroxylation is 1. The fourth-order valence-electron chi connectivity index (χ4n) is 3.98. The molecule has 1 fully saturated rings. The van der Waals surface area contributed by atoms with E-state index in [4.69, 9.17) is 4.74 Å². The number of piperazine rings is 1. The van der Waals surface area contributed by atoms with Gasteiger partial charge in [0.05, 0.1) is 10.5 Å². The molecule has 2 aromatic rings. The number of esters is 1. The van der Waals surface area contributed by atoms with Crippen molar-refractivity contribution < 1.29 is 22.7 Å². The highest BCUT2D eigenvalue weighted by atomic mass is 32.2. The van der Waals surface area contributed by atoms with E-state index in [1.165, 1.54) is 4.31 Å². The molecule has 0 saturated carbocycles. The van der Waals surface area contributed by atoms with E-state index in [2.05, 4.69) is 0 Å². The van der Waals surface area contributed by atoms with Crippen molar-refractivity contribution in [3.63, 3.8) is 0 Å². The molecule has 0 N–H and O–H groups in total. The summed E-state index contributed by atoms with van der Waals surface area (Å²) >= 11 is 0. The molecule has 0 unspecified atom stereocenters. The lowest BCUT2D eigenvalue weighted by atomic mass is 9.89. The van der Waals surface area contributed by atoms with Crippen LogP contribution in [0.4, 0.5) is 0 Å². The third-order valence-corrected chi connectivity index (χ3v) is 7.63. The molecule has 1 atom stereocenters. The van der Waals surface area contributed by atoms with Crippen LogP contribution in [-0.4, -0.2) is 61.3 Å². The van der Waals surface area contributed by atoms with Gasteiger partial charge in [-0.1, -0.05) is 35.9 Å². The van der Waals surface area contributed by atoms with Gasteiger partial charge in [-0.3, -0.25) is 4.79 Å². The molecule has 2 heterocycles. The molecule has 0 aliphatic carbocycles. The van der Waals surface area contributed by atoms with Crippen molar-refractivity contribution in [2.75, 3.05) is 26.2 Å². The Hall–Kier alpha value is -2.71. The molecule has 0 bridgehead atoms. The van der Waals surface area contributed by atoms with Crippen molar-refractivity contribution >= 4 is 21.9 Å². The van der Waals surface area contributed by atoms with Gasteiger partial charge in [0.25, 0.3) is 5.91 Å². The number of sulfonamides is 1. The van der Waals surface area contributed by atoms with E-state index in [0.717, 1.165) is 11.1 Å². The van der Waals surface area contributed by atoms with E-state index >= 15 is 0 Å². The van der Waals surface area contributed by atoms with Crippen LogP contribution in [0.25, 0.3) is 0 Å². The Bertz CT molecular complexity index is 1090. The number of nitrogens with zero attached hydrogens (tertiary/aromatic N) is 2. The predicted octanol–water partition coefficient (Wildman–Crippen LogP) is 2.00. The van der Waals surface area contributed by atoms with Gasteiger partial charge in [0.2, 0.25) is 10.0 Å². The van der Waals surface area contributed by atoms with E-state index in [9.17, 15) is 18.0 Å². The van der Waals surface area contributed by atoms with Crippen molar-refractivity contribution in [1.82, 2.24) is 9.21 Å². The van der Waals surface area contributed by atoms with Crippen LogP contribution in [0.3, 0.4) is 0 Å². The zero-order chi connectivity index (χ0) is 21.5. The van der Waals surface area contributed by atoms with Gasteiger partial charge in [0.15, 0.2) is 5.60 Å². The second-order valence-electron chi connectivity index (χ2n) is 7.96. The maximum absolute atomic E-state index is 13.2. The average Bonchev–Trinajstić information content (AvgIpc) is 2.73. The number of ether oxygens (including phenoxy) is 1. The fraction of sp³-hybridized carbons (Fsp3) is 0.364. The summed E-state index contributed by atoms with van der Waals surface area (Å²) in [6.45, 7) is 4.42. The van der Waals surface area contributed by atoms with Gasteiger partial charge in [0.1, 0.15) is 0 Å². The van der Waals surface area contributed by atoms with Crippen LogP contribution < -0.4 is 0 Å². The molecule has 1 saturated heterocycles. The van der Waals surface area contributed by atoms with Gasteiger partial charge in [-0.25, -0.2) is 13.2 Å². The average molecular weight is 429 g/mol. The molecule has 1 amide bonds. The smallest absolute Gasteiger partial charge is 0.339 e. The lowest BCUT2D eigenvalue weighted by Crippen LogP contribution is -2.58. The highest BCUT2D eigenvalue weighted by Gasteiger charge is 2.45. The minimum absolute atomic E-state index is 0.197. The molecule has 30 heavy (non-hydrogen) atoms. The number of carbonyl (C=O) groups is 2. The van der Waals surface area contributed by atoms with Crippen LogP contribution in [-0.2, 0) is 26.0 Å². The quantitative estimate of drug-likeness (QED) is 0.699. The van der Waals surface area contributed by atoms with Crippen LogP contribution >= 0.6 is 0 Å². The standard InChI is InChI=1S/C22H24N2O5S/c1-16-7-9-18(10-8-16)30(27,28)24-13-11-23(12-14-24)21(26)22(2)15-17-5-3-4-6-19(17)20(25)29-22/h3-10H,11-15H2,1-2H3/t22-/m0/s1. The van der Waals surface area contributed by atoms with E-state index in [-0.39, 0.29) is 37.0 Å². The third kappa shape index (κ3) is 3.61. The number of benzene rings is 2. The van der Waals surface area contributed by atoms with Gasteiger partial charge in [-0.15, -0.1) is 0 Å². The summed E-state index contributed by atoms with van der Waals surface area (Å²) in [5.41, 5.74) is 0.965. The van der Waals surface area contributed by atoms with Gasteiger partial charge in [-0.2, -0.15) is 4.31 Å². The van der Waals surface area contributed by atoms with Crippen molar-refractivity contribution in [1.29, 1.82) is 0 Å². The van der Waals surface area contributed by atoms with E-state index in [0.29, 0.717) is 12.0 Å². The summed E-state index contributed by atoms with van der Waals surface area (Å²) in [6, 6.07) is 13.8. The minimum atomic E-state index is -3.61. The van der Waals surface area contributed by atoms with Crippen LogP contribution in [0.1, 0.15) is 28.4 Å². The summed E-state index contributed by atoms with van der Waals surface area (Å²) in [4.78, 5) is 27.4. The number of fused-ring (bicyclic) bond motifs is 1. The molecule has 2 aliphatic heterocycles. The van der Waals surface area contributed by atoms with Crippen LogP contribution in [0, 0.1) is 6.92 Å². The molecule has 0 radical (unpaired) electrons. The van der Waals surface area contributed by atoms with Gasteiger partial charge < -0.3 is 9.64 Å². The number of cyclic esters (lactones) is 1. The molecular formula is C22H24N2O5S. The number of carbonyl (C=O) groups excluding carboxylic acids is 2. The lowest BCUT2D eigenvalue weighted by Gasteiger charge is -2.40. The lowest BCUT2D eigenvalue weighted by molar-refractivity contribution is -0.152. The van der Waals surface area contributed by atoms with Crippen LogP contribution in [0.15, 0.2) is 53.4 Å². The van der Waals surface area contributed by atoms with Gasteiger partial charge >= 0.3 is 5.97 Å². The van der Waals surface area contributed by atoms with Gasteiger partial charge in [0, 0.05) is 32.6 Å².